The molecule has 1 N–H and O–H groups in total. The van der Waals surface area contributed by atoms with Crippen LogP contribution in [-0.4, -0.2) is 31.7 Å². The lowest BCUT2D eigenvalue weighted by Gasteiger charge is -2.10. The quantitative estimate of drug-likeness (QED) is 0.646. The van der Waals surface area contributed by atoms with Crippen molar-refractivity contribution in [3.63, 3.8) is 0 Å². The van der Waals surface area contributed by atoms with E-state index in [1.54, 1.807) is 24.3 Å². The minimum Gasteiger partial charge on any atom is -0.494 e. The zero-order valence-electron chi connectivity index (χ0n) is 15.7. The lowest BCUT2D eigenvalue weighted by atomic mass is 10.1. The summed E-state index contributed by atoms with van der Waals surface area (Å²) >= 11 is 0. The van der Waals surface area contributed by atoms with Crippen LogP contribution in [0.15, 0.2) is 48.5 Å². The van der Waals surface area contributed by atoms with Crippen LogP contribution in [0.4, 0.5) is 5.69 Å². The molecule has 0 aromatic heterocycles. The molecule has 2 aromatic rings. The predicted molar refractivity (Wildman–Crippen MR) is 103 cm³/mol. The smallest absolute Gasteiger partial charge is 0.306 e. The Bertz CT molecular complexity index is 742. The van der Waals surface area contributed by atoms with E-state index in [1.165, 1.54) is 0 Å². The highest BCUT2D eigenvalue weighted by molar-refractivity contribution is 5.92. The molecule has 0 atom stereocenters. The molecule has 0 radical (unpaired) electrons. The molecule has 0 aliphatic carbocycles. The van der Waals surface area contributed by atoms with E-state index in [0.717, 1.165) is 17.1 Å². The number of hydrogen-bond donors (Lipinski definition) is 1. The molecule has 0 fully saturated rings. The van der Waals surface area contributed by atoms with Crippen molar-refractivity contribution in [3.05, 3.63) is 54.1 Å². The summed E-state index contributed by atoms with van der Waals surface area (Å²) in [5.41, 5.74) is 1.56. The Morgan fingerprint density at radius 3 is 2.33 bits per heavy atom. The number of nitrogens with one attached hydrogen (secondary N) is 1. The van der Waals surface area contributed by atoms with Crippen LogP contribution in [0.1, 0.15) is 25.8 Å². The number of aryl methyl sites for hydroxylation is 1. The normalized spacial score (nSPS) is 10.1. The van der Waals surface area contributed by atoms with Crippen molar-refractivity contribution in [1.82, 2.24) is 0 Å². The van der Waals surface area contributed by atoms with Gasteiger partial charge in [0.25, 0.3) is 5.91 Å². The van der Waals surface area contributed by atoms with Crippen molar-refractivity contribution in [2.75, 3.05) is 25.1 Å². The number of amides is 1. The van der Waals surface area contributed by atoms with Crippen molar-refractivity contribution in [1.29, 1.82) is 0 Å². The van der Waals surface area contributed by atoms with E-state index in [-0.39, 0.29) is 18.9 Å². The van der Waals surface area contributed by atoms with Crippen molar-refractivity contribution < 1.29 is 23.8 Å². The fourth-order valence-corrected chi connectivity index (χ4v) is 2.46. The number of benzene rings is 2. The number of carbonyl (C=O) groups is 2. The Labute approximate surface area is 159 Å². The van der Waals surface area contributed by atoms with Gasteiger partial charge in [-0.15, -0.1) is 0 Å². The fraction of sp³-hybridized carbons (Fsp3) is 0.333. The average molecular weight is 371 g/mol. The third-order valence-electron chi connectivity index (χ3n) is 3.68. The SMILES string of the molecule is CCOc1ccc(NC(=O)COC(=O)CCc2ccccc2OCC)cc1. The monoisotopic (exact) mass is 371 g/mol. The second-order valence-corrected chi connectivity index (χ2v) is 5.71. The maximum Gasteiger partial charge on any atom is 0.306 e. The molecule has 0 aliphatic rings. The summed E-state index contributed by atoms with van der Waals surface area (Å²) in [4.78, 5) is 23.8. The van der Waals surface area contributed by atoms with E-state index < -0.39 is 5.97 Å². The van der Waals surface area contributed by atoms with Crippen molar-refractivity contribution >= 4 is 17.6 Å². The zero-order valence-corrected chi connectivity index (χ0v) is 15.7. The summed E-state index contributed by atoms with van der Waals surface area (Å²) in [6.45, 7) is 4.64. The average Bonchev–Trinajstić information content (AvgIpc) is 2.68. The summed E-state index contributed by atoms with van der Waals surface area (Å²) in [7, 11) is 0. The highest BCUT2D eigenvalue weighted by atomic mass is 16.5. The zero-order chi connectivity index (χ0) is 19.5. The van der Waals surface area contributed by atoms with Crippen LogP contribution in [-0.2, 0) is 20.7 Å². The van der Waals surface area contributed by atoms with Gasteiger partial charge in [-0.1, -0.05) is 18.2 Å². The van der Waals surface area contributed by atoms with E-state index in [2.05, 4.69) is 5.32 Å². The van der Waals surface area contributed by atoms with Crippen LogP contribution in [0.25, 0.3) is 0 Å². The molecular weight excluding hydrogens is 346 g/mol. The van der Waals surface area contributed by atoms with Gasteiger partial charge < -0.3 is 19.5 Å². The minimum absolute atomic E-state index is 0.181. The summed E-state index contributed by atoms with van der Waals surface area (Å²) in [5.74, 6) is 0.681. The van der Waals surface area contributed by atoms with Gasteiger partial charge in [0.1, 0.15) is 11.5 Å². The Morgan fingerprint density at radius 1 is 0.926 bits per heavy atom. The molecule has 0 saturated heterocycles. The first kappa shape index (κ1) is 20.3. The largest absolute Gasteiger partial charge is 0.494 e. The lowest BCUT2D eigenvalue weighted by Crippen LogP contribution is -2.21. The molecule has 1 amide bonds. The first-order valence-electron chi connectivity index (χ1n) is 9.01. The summed E-state index contributed by atoms with van der Waals surface area (Å²) in [6.07, 6.45) is 0.677. The molecule has 0 saturated carbocycles. The van der Waals surface area contributed by atoms with Crippen molar-refractivity contribution in [2.24, 2.45) is 0 Å². The van der Waals surface area contributed by atoms with E-state index in [1.807, 2.05) is 38.1 Å². The molecule has 6 heteroatoms. The summed E-state index contributed by atoms with van der Waals surface area (Å²) < 4.78 is 15.9. The van der Waals surface area contributed by atoms with Crippen LogP contribution < -0.4 is 14.8 Å². The van der Waals surface area contributed by atoms with Crippen LogP contribution in [0.3, 0.4) is 0 Å². The van der Waals surface area contributed by atoms with Crippen LogP contribution in [0, 0.1) is 0 Å². The number of rotatable bonds is 10. The van der Waals surface area contributed by atoms with Gasteiger partial charge in [0.15, 0.2) is 6.61 Å². The second-order valence-electron chi connectivity index (χ2n) is 5.71. The first-order valence-corrected chi connectivity index (χ1v) is 9.01. The van der Waals surface area contributed by atoms with Crippen LogP contribution in [0.2, 0.25) is 0 Å². The highest BCUT2D eigenvalue weighted by Gasteiger charge is 2.10. The number of anilines is 1. The Morgan fingerprint density at radius 2 is 1.63 bits per heavy atom. The topological polar surface area (TPSA) is 73.9 Å². The molecule has 0 bridgehead atoms. The predicted octanol–water partition coefficient (Wildman–Crippen LogP) is 3.60. The lowest BCUT2D eigenvalue weighted by molar-refractivity contribution is -0.147. The number of carbonyl (C=O) groups excluding carboxylic acids is 2. The molecular formula is C21H25NO5. The van der Waals surface area contributed by atoms with Gasteiger partial charge in [-0.3, -0.25) is 9.59 Å². The Balaban J connectivity index is 1.74. The van der Waals surface area contributed by atoms with Crippen LogP contribution in [0.5, 0.6) is 11.5 Å². The van der Waals surface area contributed by atoms with Gasteiger partial charge in [-0.2, -0.15) is 0 Å². The van der Waals surface area contributed by atoms with E-state index in [0.29, 0.717) is 25.3 Å². The minimum atomic E-state index is -0.428. The molecule has 0 unspecified atom stereocenters. The van der Waals surface area contributed by atoms with E-state index in [4.69, 9.17) is 14.2 Å². The maximum atomic E-state index is 11.9. The molecule has 0 heterocycles. The third kappa shape index (κ3) is 7.01. The number of esters is 1. The van der Waals surface area contributed by atoms with E-state index in [9.17, 15) is 9.59 Å². The Kier molecular flexibility index (Phi) is 8.16. The number of ether oxygens (including phenoxy) is 3. The van der Waals surface area contributed by atoms with E-state index >= 15 is 0 Å². The molecule has 6 nitrogen and oxygen atoms in total. The molecule has 0 aliphatic heterocycles. The highest BCUT2D eigenvalue weighted by Crippen LogP contribution is 2.19. The van der Waals surface area contributed by atoms with Gasteiger partial charge >= 0.3 is 5.97 Å². The summed E-state index contributed by atoms with van der Waals surface area (Å²) in [6, 6.07) is 14.6. The molecule has 144 valence electrons. The van der Waals surface area contributed by atoms with Gasteiger partial charge in [0.05, 0.1) is 13.2 Å². The molecule has 2 rings (SSSR count). The van der Waals surface area contributed by atoms with Crippen molar-refractivity contribution in [2.45, 2.75) is 26.7 Å². The van der Waals surface area contributed by atoms with Crippen LogP contribution >= 0.6 is 0 Å². The standard InChI is InChI=1S/C21H25NO5/c1-3-25-18-12-10-17(11-13-18)22-20(23)15-27-21(24)14-9-16-7-5-6-8-19(16)26-4-2/h5-8,10-13H,3-4,9,14-15H2,1-2H3,(H,22,23). The van der Waals surface area contributed by atoms with Gasteiger partial charge in [-0.05, 0) is 56.2 Å². The third-order valence-corrected chi connectivity index (χ3v) is 3.68. The second kappa shape index (κ2) is 10.9. The first-order chi connectivity index (χ1) is 13.1. The van der Waals surface area contributed by atoms with Gasteiger partial charge in [-0.25, -0.2) is 0 Å². The number of para-hydroxylation sites is 1. The number of hydrogen-bond acceptors (Lipinski definition) is 5. The Hall–Kier alpha value is -3.02. The van der Waals surface area contributed by atoms with Crippen molar-refractivity contribution in [3.8, 4) is 11.5 Å². The molecule has 0 spiro atoms. The summed E-state index contributed by atoms with van der Waals surface area (Å²) in [5, 5.41) is 2.67. The van der Waals surface area contributed by atoms with Gasteiger partial charge in [0, 0.05) is 12.1 Å². The maximum absolute atomic E-state index is 11.9. The fourth-order valence-electron chi connectivity index (χ4n) is 2.46. The molecule has 27 heavy (non-hydrogen) atoms. The molecule has 2 aromatic carbocycles. The van der Waals surface area contributed by atoms with Gasteiger partial charge in [0.2, 0.25) is 0 Å².